The Morgan fingerprint density at radius 2 is 1.93 bits per heavy atom. The Balaban J connectivity index is 1.80. The molecular weight excluding hydrogens is 399 g/mol. The molecule has 2 aromatic carbocycles. The summed E-state index contributed by atoms with van der Waals surface area (Å²) in [4.78, 5) is 12.4. The number of hydrogen-bond donors (Lipinski definition) is 1. The van der Waals surface area contributed by atoms with Crippen molar-refractivity contribution < 1.29 is 27.1 Å². The van der Waals surface area contributed by atoms with E-state index in [1.54, 1.807) is 25.1 Å². The molecular formula is C20H23FN2O5S. The lowest BCUT2D eigenvalue weighted by atomic mass is 10.1. The summed E-state index contributed by atoms with van der Waals surface area (Å²) in [5, 5.41) is 2.62. The number of carbonyl (C=O) groups excluding carboxylic acids is 1. The lowest BCUT2D eigenvalue weighted by molar-refractivity contribution is -0.115. The highest BCUT2D eigenvalue weighted by Crippen LogP contribution is 2.28. The van der Waals surface area contributed by atoms with E-state index in [4.69, 9.17) is 9.47 Å². The van der Waals surface area contributed by atoms with E-state index in [1.165, 1.54) is 29.6 Å². The highest BCUT2D eigenvalue weighted by Gasteiger charge is 2.29. The van der Waals surface area contributed by atoms with Crippen molar-refractivity contribution in [3.05, 3.63) is 53.3 Å². The van der Waals surface area contributed by atoms with Crippen molar-refractivity contribution in [2.75, 3.05) is 38.7 Å². The Labute approximate surface area is 169 Å². The number of amides is 1. The molecule has 2 aromatic rings. The third-order valence-corrected chi connectivity index (χ3v) is 6.56. The maximum absolute atomic E-state index is 13.7. The van der Waals surface area contributed by atoms with Crippen LogP contribution in [-0.4, -0.2) is 52.0 Å². The van der Waals surface area contributed by atoms with Crippen molar-refractivity contribution in [2.45, 2.75) is 18.2 Å². The molecule has 0 aliphatic carbocycles. The molecule has 1 saturated heterocycles. The number of benzene rings is 2. The van der Waals surface area contributed by atoms with Gasteiger partial charge in [-0.1, -0.05) is 12.1 Å². The Kier molecular flexibility index (Phi) is 6.51. The van der Waals surface area contributed by atoms with E-state index < -0.39 is 15.8 Å². The van der Waals surface area contributed by atoms with Gasteiger partial charge in [0.25, 0.3) is 0 Å². The van der Waals surface area contributed by atoms with Crippen molar-refractivity contribution >= 4 is 21.6 Å². The topological polar surface area (TPSA) is 84.9 Å². The minimum Gasteiger partial charge on any atom is -0.495 e. The van der Waals surface area contributed by atoms with Crippen LogP contribution in [0, 0.1) is 12.7 Å². The molecule has 3 rings (SSSR count). The average molecular weight is 422 g/mol. The lowest BCUT2D eigenvalue weighted by Crippen LogP contribution is -2.40. The Morgan fingerprint density at radius 1 is 1.21 bits per heavy atom. The molecule has 1 aliphatic rings. The molecule has 0 atom stereocenters. The van der Waals surface area contributed by atoms with Crippen LogP contribution in [0.25, 0.3) is 0 Å². The van der Waals surface area contributed by atoms with Gasteiger partial charge in [-0.05, 0) is 42.3 Å². The number of anilines is 1. The molecule has 9 heteroatoms. The first-order valence-electron chi connectivity index (χ1n) is 9.12. The van der Waals surface area contributed by atoms with E-state index in [2.05, 4.69) is 5.32 Å². The second-order valence-electron chi connectivity index (χ2n) is 6.69. The maximum atomic E-state index is 13.7. The fourth-order valence-corrected chi connectivity index (χ4v) is 4.63. The maximum Gasteiger partial charge on any atom is 0.246 e. The third kappa shape index (κ3) is 4.92. The van der Waals surface area contributed by atoms with Crippen molar-refractivity contribution in [3.63, 3.8) is 0 Å². The van der Waals surface area contributed by atoms with Gasteiger partial charge in [0.15, 0.2) is 0 Å². The number of carbonyl (C=O) groups is 1. The number of nitrogens with zero attached hydrogens (tertiary/aromatic N) is 1. The summed E-state index contributed by atoms with van der Waals surface area (Å²) in [6.07, 6.45) is -0.0644. The molecule has 0 bridgehead atoms. The van der Waals surface area contributed by atoms with Crippen LogP contribution in [0.1, 0.15) is 11.1 Å². The summed E-state index contributed by atoms with van der Waals surface area (Å²) in [6, 6.07) is 9.03. The molecule has 1 fully saturated rings. The minimum atomic E-state index is -3.79. The highest BCUT2D eigenvalue weighted by atomic mass is 32.2. The Hall–Kier alpha value is -2.49. The zero-order valence-corrected chi connectivity index (χ0v) is 17.1. The number of rotatable bonds is 6. The molecule has 7 nitrogen and oxygen atoms in total. The standard InChI is InChI=1S/C20H23FN2O5S/c1-14-3-5-16(13-17(14)21)22-20(24)12-15-4-6-18(27-2)19(11-15)29(25,26)23-7-9-28-10-8-23/h3-6,11,13H,7-10,12H2,1-2H3,(H,22,24). The SMILES string of the molecule is COc1ccc(CC(=O)Nc2ccc(C)c(F)c2)cc1S(=O)(=O)N1CCOCC1. The van der Waals surface area contributed by atoms with Crippen LogP contribution in [0.4, 0.5) is 10.1 Å². The van der Waals surface area contributed by atoms with Gasteiger partial charge in [-0.2, -0.15) is 4.31 Å². The van der Waals surface area contributed by atoms with Gasteiger partial charge in [0.1, 0.15) is 16.5 Å². The van der Waals surface area contributed by atoms with Crippen LogP contribution in [0.3, 0.4) is 0 Å². The van der Waals surface area contributed by atoms with E-state index in [1.807, 2.05) is 0 Å². The van der Waals surface area contributed by atoms with Gasteiger partial charge in [0, 0.05) is 18.8 Å². The van der Waals surface area contributed by atoms with E-state index in [9.17, 15) is 17.6 Å². The molecule has 0 radical (unpaired) electrons. The largest absolute Gasteiger partial charge is 0.495 e. The van der Waals surface area contributed by atoms with Gasteiger partial charge in [0.2, 0.25) is 15.9 Å². The highest BCUT2D eigenvalue weighted by molar-refractivity contribution is 7.89. The number of morpholine rings is 1. The van der Waals surface area contributed by atoms with Crippen LogP contribution in [0.5, 0.6) is 5.75 Å². The third-order valence-electron chi connectivity index (χ3n) is 4.64. The molecule has 0 aromatic heterocycles. The van der Waals surface area contributed by atoms with E-state index in [0.717, 1.165) is 0 Å². The lowest BCUT2D eigenvalue weighted by Gasteiger charge is -2.26. The van der Waals surface area contributed by atoms with Gasteiger partial charge in [-0.25, -0.2) is 12.8 Å². The molecule has 1 amide bonds. The Morgan fingerprint density at radius 3 is 2.59 bits per heavy atom. The predicted octanol–water partition coefficient (Wildman–Crippen LogP) is 2.34. The van der Waals surface area contributed by atoms with Gasteiger partial charge in [-0.15, -0.1) is 0 Å². The van der Waals surface area contributed by atoms with Crippen LogP contribution < -0.4 is 10.1 Å². The van der Waals surface area contributed by atoms with E-state index in [0.29, 0.717) is 30.0 Å². The van der Waals surface area contributed by atoms with Crippen LogP contribution in [0.15, 0.2) is 41.3 Å². The van der Waals surface area contributed by atoms with Crippen molar-refractivity contribution in [1.29, 1.82) is 0 Å². The molecule has 1 heterocycles. The average Bonchev–Trinajstić information content (AvgIpc) is 2.71. The van der Waals surface area contributed by atoms with Crippen molar-refractivity contribution in [1.82, 2.24) is 4.31 Å². The van der Waals surface area contributed by atoms with Gasteiger partial charge in [0.05, 0.1) is 26.7 Å². The molecule has 156 valence electrons. The normalized spacial score (nSPS) is 15.1. The second-order valence-corrected chi connectivity index (χ2v) is 8.60. The first kappa shape index (κ1) is 21.2. The number of methoxy groups -OCH3 is 1. The second kappa shape index (κ2) is 8.89. The molecule has 1 aliphatic heterocycles. The number of aryl methyl sites for hydroxylation is 1. The zero-order valence-electron chi connectivity index (χ0n) is 16.3. The zero-order chi connectivity index (χ0) is 21.0. The number of hydrogen-bond acceptors (Lipinski definition) is 5. The number of halogens is 1. The van der Waals surface area contributed by atoms with Crippen LogP contribution in [-0.2, 0) is 26.0 Å². The van der Waals surface area contributed by atoms with Gasteiger partial charge >= 0.3 is 0 Å². The minimum absolute atomic E-state index is 0.00794. The molecule has 29 heavy (non-hydrogen) atoms. The summed E-state index contributed by atoms with van der Waals surface area (Å²) in [6.45, 7) is 2.81. The number of sulfonamides is 1. The van der Waals surface area contributed by atoms with Gasteiger partial charge < -0.3 is 14.8 Å². The summed E-state index contributed by atoms with van der Waals surface area (Å²) >= 11 is 0. The van der Waals surface area contributed by atoms with Crippen LogP contribution in [0.2, 0.25) is 0 Å². The summed E-state index contributed by atoms with van der Waals surface area (Å²) in [7, 11) is -2.39. The van der Waals surface area contributed by atoms with E-state index in [-0.39, 0.29) is 36.1 Å². The van der Waals surface area contributed by atoms with Gasteiger partial charge in [-0.3, -0.25) is 4.79 Å². The number of ether oxygens (including phenoxy) is 2. The molecule has 0 saturated carbocycles. The Bertz CT molecular complexity index is 1000. The molecule has 1 N–H and O–H groups in total. The quantitative estimate of drug-likeness (QED) is 0.773. The summed E-state index contributed by atoms with van der Waals surface area (Å²) in [5.74, 6) is -0.583. The fraction of sp³-hybridized carbons (Fsp3) is 0.350. The first-order valence-corrected chi connectivity index (χ1v) is 10.6. The molecule has 0 unspecified atom stereocenters. The summed E-state index contributed by atoms with van der Waals surface area (Å²) in [5.41, 5.74) is 1.33. The van der Waals surface area contributed by atoms with Crippen molar-refractivity contribution in [2.24, 2.45) is 0 Å². The van der Waals surface area contributed by atoms with Crippen molar-refractivity contribution in [3.8, 4) is 5.75 Å². The summed E-state index contributed by atoms with van der Waals surface area (Å²) < 4.78 is 51.5. The smallest absolute Gasteiger partial charge is 0.246 e. The molecule has 0 spiro atoms. The van der Waals surface area contributed by atoms with Crippen LogP contribution >= 0.6 is 0 Å². The predicted molar refractivity (Wildman–Crippen MR) is 106 cm³/mol. The fourth-order valence-electron chi connectivity index (χ4n) is 3.02. The van der Waals surface area contributed by atoms with E-state index >= 15 is 0 Å². The monoisotopic (exact) mass is 422 g/mol. The number of nitrogens with one attached hydrogen (secondary N) is 1. The first-order chi connectivity index (χ1) is 13.8.